The molecule has 0 aliphatic heterocycles. The van der Waals surface area contributed by atoms with Gasteiger partial charge in [0.1, 0.15) is 0 Å². The zero-order valence-electron chi connectivity index (χ0n) is 11.6. The van der Waals surface area contributed by atoms with Crippen LogP contribution in [-0.4, -0.2) is 45.7 Å². The van der Waals surface area contributed by atoms with Crippen molar-refractivity contribution < 1.29 is 19.0 Å². The Morgan fingerprint density at radius 3 is 2.33 bits per heavy atom. The minimum absolute atomic E-state index is 0.0393. The van der Waals surface area contributed by atoms with Crippen LogP contribution in [0.2, 0.25) is 0 Å². The SMILES string of the molecule is CCOC(=O)C1CCC(NCC(OC)OC)CC1. The molecule has 1 aliphatic carbocycles. The van der Waals surface area contributed by atoms with Gasteiger partial charge in [-0.1, -0.05) is 0 Å². The van der Waals surface area contributed by atoms with Crippen molar-refractivity contribution in [2.24, 2.45) is 5.92 Å². The van der Waals surface area contributed by atoms with Crippen LogP contribution in [-0.2, 0) is 19.0 Å². The summed E-state index contributed by atoms with van der Waals surface area (Å²) in [5, 5.41) is 3.41. The van der Waals surface area contributed by atoms with E-state index in [-0.39, 0.29) is 18.2 Å². The highest BCUT2D eigenvalue weighted by molar-refractivity contribution is 5.72. The Hall–Kier alpha value is -0.650. The van der Waals surface area contributed by atoms with E-state index in [0.717, 1.165) is 25.7 Å². The molecule has 5 nitrogen and oxygen atoms in total. The zero-order valence-corrected chi connectivity index (χ0v) is 11.6. The number of hydrogen-bond donors (Lipinski definition) is 1. The Kier molecular flexibility index (Phi) is 7.23. The Labute approximate surface area is 109 Å². The number of ether oxygens (including phenoxy) is 3. The number of nitrogens with one attached hydrogen (secondary N) is 1. The molecule has 5 heteroatoms. The van der Waals surface area contributed by atoms with E-state index < -0.39 is 0 Å². The molecule has 0 aromatic heterocycles. The van der Waals surface area contributed by atoms with E-state index in [4.69, 9.17) is 14.2 Å². The van der Waals surface area contributed by atoms with Crippen molar-refractivity contribution in [1.82, 2.24) is 5.32 Å². The summed E-state index contributed by atoms with van der Waals surface area (Å²) in [7, 11) is 3.26. The molecule has 0 amide bonds. The molecule has 1 N–H and O–H groups in total. The van der Waals surface area contributed by atoms with Crippen LogP contribution in [0.1, 0.15) is 32.6 Å². The fourth-order valence-corrected chi connectivity index (χ4v) is 2.32. The van der Waals surface area contributed by atoms with E-state index in [2.05, 4.69) is 5.32 Å². The standard InChI is InChI=1S/C13H25NO4/c1-4-18-13(15)10-5-7-11(8-6-10)14-9-12(16-2)17-3/h10-12,14H,4-9H2,1-3H3. The van der Waals surface area contributed by atoms with E-state index in [1.807, 2.05) is 6.92 Å². The highest BCUT2D eigenvalue weighted by Crippen LogP contribution is 2.25. The average molecular weight is 259 g/mol. The van der Waals surface area contributed by atoms with Crippen LogP contribution in [0.4, 0.5) is 0 Å². The van der Waals surface area contributed by atoms with Gasteiger partial charge in [-0.05, 0) is 32.6 Å². The van der Waals surface area contributed by atoms with Crippen LogP contribution in [0, 0.1) is 5.92 Å². The average Bonchev–Trinajstić information content (AvgIpc) is 2.41. The van der Waals surface area contributed by atoms with E-state index in [1.54, 1.807) is 14.2 Å². The second-order valence-corrected chi connectivity index (χ2v) is 4.61. The van der Waals surface area contributed by atoms with Crippen LogP contribution in [0.25, 0.3) is 0 Å². The second-order valence-electron chi connectivity index (χ2n) is 4.61. The first kappa shape index (κ1) is 15.4. The van der Waals surface area contributed by atoms with Gasteiger partial charge in [-0.15, -0.1) is 0 Å². The lowest BCUT2D eigenvalue weighted by Gasteiger charge is -2.28. The van der Waals surface area contributed by atoms with Gasteiger partial charge >= 0.3 is 5.97 Å². The highest BCUT2D eigenvalue weighted by Gasteiger charge is 2.27. The summed E-state index contributed by atoms with van der Waals surface area (Å²) < 4.78 is 15.3. The van der Waals surface area contributed by atoms with Crippen LogP contribution >= 0.6 is 0 Å². The number of esters is 1. The summed E-state index contributed by atoms with van der Waals surface area (Å²) in [6, 6.07) is 0.448. The largest absolute Gasteiger partial charge is 0.466 e. The van der Waals surface area contributed by atoms with Crippen LogP contribution < -0.4 is 5.32 Å². The van der Waals surface area contributed by atoms with E-state index in [0.29, 0.717) is 19.2 Å². The summed E-state index contributed by atoms with van der Waals surface area (Å²) in [5.41, 5.74) is 0. The predicted molar refractivity (Wildman–Crippen MR) is 68.2 cm³/mol. The Morgan fingerprint density at radius 2 is 1.83 bits per heavy atom. The third-order valence-electron chi connectivity index (χ3n) is 3.45. The number of methoxy groups -OCH3 is 2. The molecule has 18 heavy (non-hydrogen) atoms. The molecule has 106 valence electrons. The van der Waals surface area contributed by atoms with Crippen molar-refractivity contribution in [3.8, 4) is 0 Å². The van der Waals surface area contributed by atoms with Gasteiger partial charge in [0.25, 0.3) is 0 Å². The van der Waals surface area contributed by atoms with Gasteiger partial charge in [0.05, 0.1) is 12.5 Å². The summed E-state index contributed by atoms with van der Waals surface area (Å²) in [5.74, 6) is 0.0475. The summed E-state index contributed by atoms with van der Waals surface area (Å²) in [6.07, 6.45) is 3.61. The maximum Gasteiger partial charge on any atom is 0.308 e. The fraction of sp³-hybridized carbons (Fsp3) is 0.923. The molecule has 0 aromatic rings. The van der Waals surface area contributed by atoms with Crippen molar-refractivity contribution >= 4 is 5.97 Å². The van der Waals surface area contributed by atoms with E-state index in [9.17, 15) is 4.79 Å². The van der Waals surface area contributed by atoms with Crippen LogP contribution in [0.3, 0.4) is 0 Å². The Morgan fingerprint density at radius 1 is 1.22 bits per heavy atom. The zero-order chi connectivity index (χ0) is 13.4. The second kappa shape index (κ2) is 8.45. The molecule has 1 aliphatic rings. The third-order valence-corrected chi connectivity index (χ3v) is 3.45. The van der Waals surface area contributed by atoms with Gasteiger partial charge in [-0.3, -0.25) is 4.79 Å². The first-order valence-corrected chi connectivity index (χ1v) is 6.66. The quantitative estimate of drug-likeness (QED) is 0.552. The Balaban J connectivity index is 2.21. The number of carbonyl (C=O) groups is 1. The summed E-state index contributed by atoms with van der Waals surface area (Å²) in [6.45, 7) is 3.00. The molecule has 0 bridgehead atoms. The van der Waals surface area contributed by atoms with Crippen molar-refractivity contribution in [3.63, 3.8) is 0 Å². The van der Waals surface area contributed by atoms with E-state index in [1.165, 1.54) is 0 Å². The number of rotatable bonds is 7. The molecule has 0 spiro atoms. The molecule has 0 atom stereocenters. The lowest BCUT2D eigenvalue weighted by molar-refractivity contribution is -0.149. The lowest BCUT2D eigenvalue weighted by atomic mass is 9.86. The summed E-state index contributed by atoms with van der Waals surface area (Å²) >= 11 is 0. The van der Waals surface area contributed by atoms with Gasteiger partial charge < -0.3 is 19.5 Å². The van der Waals surface area contributed by atoms with Crippen molar-refractivity contribution in [1.29, 1.82) is 0 Å². The minimum atomic E-state index is -0.201. The Bertz CT molecular complexity index is 235. The van der Waals surface area contributed by atoms with Gasteiger partial charge in [-0.25, -0.2) is 0 Å². The van der Waals surface area contributed by atoms with Gasteiger partial charge in [-0.2, -0.15) is 0 Å². The topological polar surface area (TPSA) is 56.8 Å². The van der Waals surface area contributed by atoms with E-state index >= 15 is 0 Å². The monoisotopic (exact) mass is 259 g/mol. The molecule has 1 saturated carbocycles. The molecular formula is C13H25NO4. The first-order chi connectivity index (χ1) is 8.71. The molecule has 0 saturated heterocycles. The first-order valence-electron chi connectivity index (χ1n) is 6.66. The van der Waals surface area contributed by atoms with Crippen molar-refractivity contribution in [3.05, 3.63) is 0 Å². The van der Waals surface area contributed by atoms with Crippen LogP contribution in [0.5, 0.6) is 0 Å². The normalized spacial score (nSPS) is 24.2. The molecule has 1 fully saturated rings. The van der Waals surface area contributed by atoms with Gasteiger partial charge in [0.15, 0.2) is 6.29 Å². The molecule has 0 unspecified atom stereocenters. The van der Waals surface area contributed by atoms with Crippen molar-refractivity contribution in [2.45, 2.75) is 44.9 Å². The molecule has 0 radical (unpaired) electrons. The molecular weight excluding hydrogens is 234 g/mol. The molecule has 0 heterocycles. The maximum absolute atomic E-state index is 11.6. The smallest absolute Gasteiger partial charge is 0.308 e. The third kappa shape index (κ3) is 4.92. The predicted octanol–water partition coefficient (Wildman–Crippen LogP) is 1.32. The maximum atomic E-state index is 11.6. The van der Waals surface area contributed by atoms with Gasteiger partial charge in [0.2, 0.25) is 0 Å². The summed E-state index contributed by atoms with van der Waals surface area (Å²) in [4.78, 5) is 11.6. The number of carbonyl (C=O) groups excluding carboxylic acids is 1. The number of hydrogen-bond acceptors (Lipinski definition) is 5. The minimum Gasteiger partial charge on any atom is -0.466 e. The highest BCUT2D eigenvalue weighted by atomic mass is 16.7. The fourth-order valence-electron chi connectivity index (χ4n) is 2.32. The molecule has 1 rings (SSSR count). The van der Waals surface area contributed by atoms with Crippen molar-refractivity contribution in [2.75, 3.05) is 27.4 Å². The van der Waals surface area contributed by atoms with Gasteiger partial charge in [0, 0.05) is 26.8 Å². The van der Waals surface area contributed by atoms with Crippen LogP contribution in [0.15, 0.2) is 0 Å². The lowest BCUT2D eigenvalue weighted by Crippen LogP contribution is -2.40. The molecule has 0 aromatic carbocycles.